The summed E-state index contributed by atoms with van der Waals surface area (Å²) in [6, 6.07) is 13.9. The van der Waals surface area contributed by atoms with Crippen molar-refractivity contribution in [1.29, 1.82) is 0 Å². The standard InChI is InChI=1S/C28H30N2O2/c1-27(2)13-14-28(3,4)24-18-22(25-29-15-6-16-30-25)21(17-23(24)27)12-9-19-7-10-20(11-8-19)26(31)32-5/h6-12,15-18H,13-14H2,1-5H3/b12-9+. The van der Waals surface area contributed by atoms with E-state index in [-0.39, 0.29) is 16.8 Å². The van der Waals surface area contributed by atoms with Gasteiger partial charge in [0.05, 0.1) is 12.7 Å². The highest BCUT2D eigenvalue weighted by Crippen LogP contribution is 2.47. The molecule has 1 aliphatic rings. The maximum atomic E-state index is 11.7. The van der Waals surface area contributed by atoms with Crippen LogP contribution in [0.25, 0.3) is 23.5 Å². The number of aromatic nitrogens is 2. The normalized spacial score (nSPS) is 16.5. The number of rotatable bonds is 4. The lowest BCUT2D eigenvalue weighted by atomic mass is 9.62. The third kappa shape index (κ3) is 4.22. The van der Waals surface area contributed by atoms with Crippen LogP contribution in [0.2, 0.25) is 0 Å². The van der Waals surface area contributed by atoms with Gasteiger partial charge >= 0.3 is 5.97 Å². The Labute approximate surface area is 190 Å². The lowest BCUT2D eigenvalue weighted by Crippen LogP contribution is -2.34. The maximum Gasteiger partial charge on any atom is 0.337 e. The molecule has 1 aromatic heterocycles. The van der Waals surface area contributed by atoms with Crippen molar-refractivity contribution in [3.63, 3.8) is 0 Å². The number of methoxy groups -OCH3 is 1. The van der Waals surface area contributed by atoms with Crippen molar-refractivity contribution >= 4 is 18.1 Å². The maximum absolute atomic E-state index is 11.7. The van der Waals surface area contributed by atoms with Gasteiger partial charge in [0.1, 0.15) is 0 Å². The molecule has 0 aliphatic heterocycles. The first kappa shape index (κ1) is 21.9. The van der Waals surface area contributed by atoms with Gasteiger partial charge in [-0.3, -0.25) is 0 Å². The SMILES string of the molecule is COC(=O)c1ccc(/C=C/c2cc3c(cc2-c2ncccn2)C(C)(C)CCC3(C)C)cc1. The highest BCUT2D eigenvalue weighted by Gasteiger charge is 2.37. The zero-order valence-corrected chi connectivity index (χ0v) is 19.5. The molecule has 1 aliphatic carbocycles. The van der Waals surface area contributed by atoms with Gasteiger partial charge in [0.2, 0.25) is 0 Å². The van der Waals surface area contributed by atoms with Crippen LogP contribution in [0.3, 0.4) is 0 Å². The second-order valence-electron chi connectivity index (χ2n) is 9.77. The summed E-state index contributed by atoms with van der Waals surface area (Å²) in [5.74, 6) is 0.402. The summed E-state index contributed by atoms with van der Waals surface area (Å²) < 4.78 is 4.79. The topological polar surface area (TPSA) is 52.1 Å². The Balaban J connectivity index is 1.82. The van der Waals surface area contributed by atoms with Crippen molar-refractivity contribution in [2.75, 3.05) is 7.11 Å². The van der Waals surface area contributed by atoms with Crippen LogP contribution in [0.4, 0.5) is 0 Å². The van der Waals surface area contributed by atoms with Crippen molar-refractivity contribution < 1.29 is 9.53 Å². The largest absolute Gasteiger partial charge is 0.465 e. The second-order valence-corrected chi connectivity index (χ2v) is 9.77. The van der Waals surface area contributed by atoms with Crippen molar-refractivity contribution in [3.8, 4) is 11.4 Å². The van der Waals surface area contributed by atoms with E-state index < -0.39 is 0 Å². The Morgan fingerprint density at radius 2 is 1.50 bits per heavy atom. The van der Waals surface area contributed by atoms with Crippen LogP contribution in [-0.4, -0.2) is 23.0 Å². The zero-order chi connectivity index (χ0) is 22.9. The number of ether oxygens (including phenoxy) is 1. The summed E-state index contributed by atoms with van der Waals surface area (Å²) in [6.07, 6.45) is 10.1. The molecule has 0 saturated carbocycles. The second kappa shape index (κ2) is 8.34. The van der Waals surface area contributed by atoms with Crippen LogP contribution in [-0.2, 0) is 15.6 Å². The molecule has 0 saturated heterocycles. The number of benzene rings is 2. The molecule has 0 N–H and O–H groups in total. The molecule has 164 valence electrons. The monoisotopic (exact) mass is 426 g/mol. The van der Waals surface area contributed by atoms with Gasteiger partial charge in [-0.1, -0.05) is 58.0 Å². The number of fused-ring (bicyclic) bond motifs is 1. The lowest BCUT2D eigenvalue weighted by Gasteiger charge is -2.42. The highest BCUT2D eigenvalue weighted by molar-refractivity contribution is 5.89. The summed E-state index contributed by atoms with van der Waals surface area (Å²) in [5.41, 5.74) is 6.70. The number of nitrogens with zero attached hydrogens (tertiary/aromatic N) is 2. The van der Waals surface area contributed by atoms with E-state index in [9.17, 15) is 4.79 Å². The molecule has 32 heavy (non-hydrogen) atoms. The molecule has 0 amide bonds. The number of carbonyl (C=O) groups excluding carboxylic acids is 1. The molecular weight excluding hydrogens is 396 g/mol. The van der Waals surface area contributed by atoms with E-state index in [1.54, 1.807) is 24.5 Å². The van der Waals surface area contributed by atoms with E-state index in [0.717, 1.165) is 35.4 Å². The molecule has 0 unspecified atom stereocenters. The first-order valence-electron chi connectivity index (χ1n) is 11.0. The van der Waals surface area contributed by atoms with Crippen molar-refractivity contribution in [2.45, 2.75) is 51.4 Å². The van der Waals surface area contributed by atoms with E-state index in [2.05, 4.69) is 61.9 Å². The molecule has 0 atom stereocenters. The first-order chi connectivity index (χ1) is 15.2. The van der Waals surface area contributed by atoms with Gasteiger partial charge < -0.3 is 4.74 Å². The Morgan fingerprint density at radius 3 is 2.09 bits per heavy atom. The van der Waals surface area contributed by atoms with Crippen molar-refractivity contribution in [1.82, 2.24) is 9.97 Å². The molecule has 2 aromatic carbocycles. The third-order valence-corrected chi connectivity index (χ3v) is 6.62. The summed E-state index contributed by atoms with van der Waals surface area (Å²) in [6.45, 7) is 9.32. The average Bonchev–Trinajstić information content (AvgIpc) is 2.80. The molecule has 0 fully saturated rings. The van der Waals surface area contributed by atoms with E-state index in [0.29, 0.717) is 5.56 Å². The van der Waals surface area contributed by atoms with E-state index >= 15 is 0 Å². The molecular formula is C28H30N2O2. The van der Waals surface area contributed by atoms with Crippen LogP contribution in [0.5, 0.6) is 0 Å². The third-order valence-electron chi connectivity index (χ3n) is 6.62. The van der Waals surface area contributed by atoms with Crippen molar-refractivity contribution in [2.24, 2.45) is 0 Å². The summed E-state index contributed by atoms with van der Waals surface area (Å²) >= 11 is 0. The minimum Gasteiger partial charge on any atom is -0.465 e. The average molecular weight is 427 g/mol. The van der Waals surface area contributed by atoms with Gasteiger partial charge in [0, 0.05) is 18.0 Å². The fourth-order valence-corrected chi connectivity index (χ4v) is 4.43. The fraction of sp³-hybridized carbons (Fsp3) is 0.321. The molecule has 4 heteroatoms. The lowest BCUT2D eigenvalue weighted by molar-refractivity contribution is 0.0600. The molecule has 1 heterocycles. The summed E-state index contributed by atoms with van der Waals surface area (Å²) in [7, 11) is 1.39. The van der Waals surface area contributed by atoms with Crippen LogP contribution in [0.15, 0.2) is 54.9 Å². The molecule has 3 aromatic rings. The van der Waals surface area contributed by atoms with E-state index in [1.165, 1.54) is 18.2 Å². The number of hydrogen-bond donors (Lipinski definition) is 0. The zero-order valence-electron chi connectivity index (χ0n) is 19.5. The molecule has 0 bridgehead atoms. The van der Waals surface area contributed by atoms with Crippen LogP contribution < -0.4 is 0 Å². The van der Waals surface area contributed by atoms with Crippen molar-refractivity contribution in [3.05, 3.63) is 82.7 Å². The van der Waals surface area contributed by atoms with Gasteiger partial charge in [-0.05, 0) is 70.2 Å². The van der Waals surface area contributed by atoms with E-state index in [4.69, 9.17) is 4.74 Å². The molecule has 4 rings (SSSR count). The van der Waals surface area contributed by atoms with Crippen LogP contribution >= 0.6 is 0 Å². The highest BCUT2D eigenvalue weighted by atomic mass is 16.5. The summed E-state index contributed by atoms with van der Waals surface area (Å²) in [4.78, 5) is 20.8. The first-order valence-corrected chi connectivity index (χ1v) is 11.0. The number of carbonyl (C=O) groups is 1. The predicted octanol–water partition coefficient (Wildman–Crippen LogP) is 6.45. The van der Waals surface area contributed by atoms with Gasteiger partial charge in [0.25, 0.3) is 0 Å². The van der Waals surface area contributed by atoms with Gasteiger partial charge in [0.15, 0.2) is 5.82 Å². The molecule has 4 nitrogen and oxygen atoms in total. The predicted molar refractivity (Wildman–Crippen MR) is 129 cm³/mol. The summed E-state index contributed by atoms with van der Waals surface area (Å²) in [5, 5.41) is 0. The number of hydrogen-bond acceptors (Lipinski definition) is 4. The quantitative estimate of drug-likeness (QED) is 0.355. The smallest absolute Gasteiger partial charge is 0.337 e. The van der Waals surface area contributed by atoms with Gasteiger partial charge in [-0.25, -0.2) is 14.8 Å². The Kier molecular flexibility index (Phi) is 5.72. The minimum absolute atomic E-state index is 0.111. The Morgan fingerprint density at radius 1 is 0.906 bits per heavy atom. The Bertz CT molecular complexity index is 1160. The van der Waals surface area contributed by atoms with Crippen LogP contribution in [0.1, 0.15) is 73.1 Å². The minimum atomic E-state index is -0.330. The fourth-order valence-electron chi connectivity index (χ4n) is 4.43. The molecule has 0 spiro atoms. The van der Waals surface area contributed by atoms with Crippen LogP contribution in [0, 0.1) is 0 Å². The van der Waals surface area contributed by atoms with E-state index in [1.807, 2.05) is 18.2 Å². The molecule has 0 radical (unpaired) electrons. The van der Waals surface area contributed by atoms with Gasteiger partial charge in [-0.2, -0.15) is 0 Å². The Hall–Kier alpha value is -3.27. The number of esters is 1. The van der Waals surface area contributed by atoms with Gasteiger partial charge in [-0.15, -0.1) is 0 Å².